The zero-order valence-electron chi connectivity index (χ0n) is 15.6. The molecule has 3 rings (SSSR count). The number of carbonyl (C=O) groups excluding carboxylic acids is 2. The highest BCUT2D eigenvalue weighted by molar-refractivity contribution is 5.97. The summed E-state index contributed by atoms with van der Waals surface area (Å²) in [6, 6.07) is 8.46. The number of hydrogen-bond acceptors (Lipinski definition) is 2. The Morgan fingerprint density at radius 3 is 2.36 bits per heavy atom. The Morgan fingerprint density at radius 2 is 1.68 bits per heavy atom. The molecule has 4 nitrogen and oxygen atoms in total. The summed E-state index contributed by atoms with van der Waals surface area (Å²) in [5, 5.41) is 2.48. The molecule has 0 aliphatic carbocycles. The maximum absolute atomic E-state index is 13.9. The van der Waals surface area contributed by atoms with Crippen molar-refractivity contribution in [1.29, 1.82) is 0 Å². The number of fused-ring (bicyclic) bond motifs is 1. The van der Waals surface area contributed by atoms with E-state index in [-0.39, 0.29) is 11.8 Å². The van der Waals surface area contributed by atoms with Crippen molar-refractivity contribution in [3.05, 3.63) is 70.5 Å². The van der Waals surface area contributed by atoms with Crippen LogP contribution in [0, 0.1) is 23.4 Å². The predicted molar refractivity (Wildman–Crippen MR) is 98.0 cm³/mol. The third kappa shape index (κ3) is 3.88. The van der Waals surface area contributed by atoms with E-state index in [4.69, 9.17) is 0 Å². The molecule has 1 heterocycles. The third-order valence-corrected chi connectivity index (χ3v) is 4.94. The van der Waals surface area contributed by atoms with Gasteiger partial charge in [0.05, 0.1) is 5.56 Å². The molecule has 1 atom stereocenters. The Kier molecular flexibility index (Phi) is 5.72. The van der Waals surface area contributed by atoms with Gasteiger partial charge < -0.3 is 10.2 Å². The van der Waals surface area contributed by atoms with E-state index in [1.807, 2.05) is 24.3 Å². The van der Waals surface area contributed by atoms with Crippen LogP contribution in [0.25, 0.3) is 0 Å². The highest BCUT2D eigenvalue weighted by atomic mass is 19.2. The zero-order chi connectivity index (χ0) is 20.4. The Hall–Kier alpha value is -2.83. The molecule has 2 aromatic rings. The molecule has 0 aromatic heterocycles. The fourth-order valence-corrected chi connectivity index (χ4v) is 3.31. The second-order valence-corrected chi connectivity index (χ2v) is 7.20. The largest absolute Gasteiger partial charge is 0.340 e. The Labute approximate surface area is 161 Å². The third-order valence-electron chi connectivity index (χ3n) is 4.94. The molecule has 28 heavy (non-hydrogen) atoms. The van der Waals surface area contributed by atoms with Crippen LogP contribution in [0.15, 0.2) is 36.4 Å². The Balaban J connectivity index is 1.78. The van der Waals surface area contributed by atoms with E-state index in [2.05, 4.69) is 5.32 Å². The molecule has 0 saturated carbocycles. The lowest BCUT2D eigenvalue weighted by Gasteiger charge is -2.33. The van der Waals surface area contributed by atoms with E-state index >= 15 is 0 Å². The topological polar surface area (TPSA) is 49.4 Å². The van der Waals surface area contributed by atoms with E-state index in [0.29, 0.717) is 25.6 Å². The molecule has 148 valence electrons. The molecule has 0 radical (unpaired) electrons. The van der Waals surface area contributed by atoms with Crippen molar-refractivity contribution >= 4 is 11.8 Å². The second-order valence-electron chi connectivity index (χ2n) is 7.20. The van der Waals surface area contributed by atoms with Gasteiger partial charge >= 0.3 is 0 Å². The Morgan fingerprint density at radius 1 is 1.00 bits per heavy atom. The SMILES string of the molecule is CC(C)[C@@H](NC(=O)c1ccc(F)c(F)c1F)C(=O)N1CCc2ccccc2C1. The number of nitrogens with zero attached hydrogens (tertiary/aromatic N) is 1. The van der Waals surface area contributed by atoms with E-state index in [0.717, 1.165) is 11.6 Å². The molecule has 2 aromatic carbocycles. The fraction of sp³-hybridized carbons (Fsp3) is 0.333. The molecular weight excluding hydrogens is 369 g/mol. The van der Waals surface area contributed by atoms with Crippen molar-refractivity contribution in [3.8, 4) is 0 Å². The summed E-state index contributed by atoms with van der Waals surface area (Å²) in [4.78, 5) is 27.1. The molecule has 7 heteroatoms. The summed E-state index contributed by atoms with van der Waals surface area (Å²) >= 11 is 0. The Bertz CT molecular complexity index is 915. The average Bonchev–Trinajstić information content (AvgIpc) is 2.69. The summed E-state index contributed by atoms with van der Waals surface area (Å²) in [6.45, 7) is 4.44. The standard InChI is InChI=1S/C21H21F3N2O2/c1-12(2)19(25-20(27)15-7-8-16(22)18(24)17(15)23)21(28)26-10-9-13-5-3-4-6-14(13)11-26/h3-8,12,19H,9-11H2,1-2H3,(H,25,27)/t19-/m1/s1. The minimum atomic E-state index is -1.72. The molecule has 1 aliphatic heterocycles. The number of hydrogen-bond donors (Lipinski definition) is 1. The van der Waals surface area contributed by atoms with Gasteiger partial charge in [-0.2, -0.15) is 0 Å². The van der Waals surface area contributed by atoms with Crippen molar-refractivity contribution in [2.24, 2.45) is 5.92 Å². The summed E-state index contributed by atoms with van der Waals surface area (Å²) in [6.07, 6.45) is 0.707. The van der Waals surface area contributed by atoms with Crippen LogP contribution in [-0.4, -0.2) is 29.3 Å². The zero-order valence-corrected chi connectivity index (χ0v) is 15.6. The first-order valence-electron chi connectivity index (χ1n) is 9.09. The normalized spacial score (nSPS) is 14.6. The number of rotatable bonds is 4. The van der Waals surface area contributed by atoms with E-state index in [1.54, 1.807) is 18.7 Å². The maximum atomic E-state index is 13.9. The molecule has 0 saturated heterocycles. The maximum Gasteiger partial charge on any atom is 0.255 e. The summed E-state index contributed by atoms with van der Waals surface area (Å²) < 4.78 is 40.4. The van der Waals surface area contributed by atoms with Gasteiger partial charge in [-0.15, -0.1) is 0 Å². The van der Waals surface area contributed by atoms with Crippen LogP contribution < -0.4 is 5.32 Å². The molecule has 0 unspecified atom stereocenters. The minimum absolute atomic E-state index is 0.276. The second kappa shape index (κ2) is 8.04. The molecule has 2 amide bonds. The van der Waals surface area contributed by atoms with Crippen LogP contribution in [-0.2, 0) is 17.8 Å². The van der Waals surface area contributed by atoms with Gasteiger partial charge in [0.15, 0.2) is 17.5 Å². The number of benzene rings is 2. The van der Waals surface area contributed by atoms with E-state index in [1.165, 1.54) is 5.56 Å². The van der Waals surface area contributed by atoms with Gasteiger partial charge in [-0.25, -0.2) is 13.2 Å². The van der Waals surface area contributed by atoms with Gasteiger partial charge in [0.1, 0.15) is 6.04 Å². The summed E-state index contributed by atoms with van der Waals surface area (Å²) in [5.41, 5.74) is 1.59. The van der Waals surface area contributed by atoms with E-state index < -0.39 is 35.0 Å². The van der Waals surface area contributed by atoms with Crippen LogP contribution >= 0.6 is 0 Å². The van der Waals surface area contributed by atoms with Crippen LogP contribution in [0.2, 0.25) is 0 Å². The average molecular weight is 390 g/mol. The number of carbonyl (C=O) groups is 2. The molecular formula is C21H21F3N2O2. The van der Waals surface area contributed by atoms with Gasteiger partial charge in [0, 0.05) is 13.1 Å². The first-order valence-corrected chi connectivity index (χ1v) is 9.09. The summed E-state index contributed by atoms with van der Waals surface area (Å²) in [7, 11) is 0. The molecule has 0 spiro atoms. The van der Waals surface area contributed by atoms with Gasteiger partial charge in [-0.3, -0.25) is 9.59 Å². The first-order chi connectivity index (χ1) is 13.3. The minimum Gasteiger partial charge on any atom is -0.340 e. The first kappa shape index (κ1) is 19.9. The van der Waals surface area contributed by atoms with Crippen LogP contribution in [0.5, 0.6) is 0 Å². The quantitative estimate of drug-likeness (QED) is 0.813. The lowest BCUT2D eigenvalue weighted by molar-refractivity contribution is -0.135. The smallest absolute Gasteiger partial charge is 0.255 e. The number of amides is 2. The molecule has 1 N–H and O–H groups in total. The van der Waals surface area contributed by atoms with Crippen LogP contribution in [0.4, 0.5) is 13.2 Å². The van der Waals surface area contributed by atoms with Gasteiger partial charge in [0.25, 0.3) is 5.91 Å². The van der Waals surface area contributed by atoms with Crippen LogP contribution in [0.3, 0.4) is 0 Å². The highest BCUT2D eigenvalue weighted by Crippen LogP contribution is 2.21. The van der Waals surface area contributed by atoms with E-state index in [9.17, 15) is 22.8 Å². The monoisotopic (exact) mass is 390 g/mol. The van der Waals surface area contributed by atoms with Gasteiger partial charge in [-0.05, 0) is 35.6 Å². The fourth-order valence-electron chi connectivity index (χ4n) is 3.31. The number of halogens is 3. The van der Waals surface area contributed by atoms with Gasteiger partial charge in [-0.1, -0.05) is 38.1 Å². The van der Waals surface area contributed by atoms with Crippen molar-refractivity contribution < 1.29 is 22.8 Å². The summed E-state index contributed by atoms with van der Waals surface area (Å²) in [5.74, 6) is -6.19. The predicted octanol–water partition coefficient (Wildman–Crippen LogP) is 3.44. The molecule has 0 bridgehead atoms. The lowest BCUT2D eigenvalue weighted by Crippen LogP contribution is -2.52. The lowest BCUT2D eigenvalue weighted by atomic mass is 9.97. The van der Waals surface area contributed by atoms with Gasteiger partial charge in [0.2, 0.25) is 5.91 Å². The number of nitrogens with one attached hydrogen (secondary N) is 1. The highest BCUT2D eigenvalue weighted by Gasteiger charge is 2.31. The van der Waals surface area contributed by atoms with Crippen molar-refractivity contribution in [3.63, 3.8) is 0 Å². The molecule has 1 aliphatic rings. The van der Waals surface area contributed by atoms with Crippen molar-refractivity contribution in [2.75, 3.05) is 6.54 Å². The van der Waals surface area contributed by atoms with Crippen molar-refractivity contribution in [2.45, 2.75) is 32.9 Å². The van der Waals surface area contributed by atoms with Crippen LogP contribution in [0.1, 0.15) is 35.3 Å². The van der Waals surface area contributed by atoms with Crippen molar-refractivity contribution in [1.82, 2.24) is 10.2 Å². The molecule has 0 fully saturated rings.